The van der Waals surface area contributed by atoms with Crippen LogP contribution in [-0.4, -0.2) is 31.1 Å². The number of amides is 1. The number of carbonyl (C=O) groups excluding carboxylic acids is 1. The Morgan fingerprint density at radius 2 is 2.00 bits per heavy atom. The Morgan fingerprint density at radius 3 is 2.80 bits per heavy atom. The molecule has 4 aromatic rings. The first kappa shape index (κ1) is 19.7. The molecule has 1 amide bonds. The summed E-state index contributed by atoms with van der Waals surface area (Å²) in [6, 6.07) is 16.9. The Morgan fingerprint density at radius 1 is 1.17 bits per heavy atom. The second-order valence-corrected chi connectivity index (χ2v) is 7.67. The lowest BCUT2D eigenvalue weighted by Gasteiger charge is -2.10. The summed E-state index contributed by atoms with van der Waals surface area (Å²) in [5.74, 6) is 0.933. The maximum absolute atomic E-state index is 12.7. The van der Waals surface area contributed by atoms with Gasteiger partial charge >= 0.3 is 0 Å². The summed E-state index contributed by atoms with van der Waals surface area (Å²) in [4.78, 5) is 17.1. The van der Waals surface area contributed by atoms with Crippen molar-refractivity contribution < 1.29 is 9.53 Å². The number of hydrogen-bond donors (Lipinski definition) is 1. The van der Waals surface area contributed by atoms with E-state index in [0.717, 1.165) is 11.3 Å². The molecule has 30 heavy (non-hydrogen) atoms. The number of tetrazole rings is 1. The monoisotopic (exact) mass is 420 g/mol. The van der Waals surface area contributed by atoms with E-state index in [1.807, 2.05) is 49.6 Å². The van der Waals surface area contributed by atoms with Gasteiger partial charge in [-0.3, -0.25) is 10.1 Å². The van der Waals surface area contributed by atoms with Crippen LogP contribution < -0.4 is 10.1 Å². The largest absolute Gasteiger partial charge is 0.486 e. The van der Waals surface area contributed by atoms with Gasteiger partial charge in [0.2, 0.25) is 0 Å². The third-order valence-electron chi connectivity index (χ3n) is 4.31. The van der Waals surface area contributed by atoms with Crippen LogP contribution >= 0.6 is 11.3 Å². The van der Waals surface area contributed by atoms with E-state index in [1.165, 1.54) is 11.3 Å². The number of ether oxygens (including phenoxy) is 1. The molecule has 9 heteroatoms. The highest BCUT2D eigenvalue weighted by molar-refractivity contribution is 7.14. The quantitative estimate of drug-likeness (QED) is 0.481. The highest BCUT2D eigenvalue weighted by Gasteiger charge is 2.13. The zero-order valence-corrected chi connectivity index (χ0v) is 17.3. The van der Waals surface area contributed by atoms with Gasteiger partial charge in [0.15, 0.2) is 11.0 Å². The summed E-state index contributed by atoms with van der Waals surface area (Å²) >= 11 is 1.39. The summed E-state index contributed by atoms with van der Waals surface area (Å²) in [5.41, 5.74) is 2.32. The maximum Gasteiger partial charge on any atom is 0.257 e. The topological polar surface area (TPSA) is 94.8 Å². The number of nitrogens with zero attached hydrogens (tertiary/aromatic N) is 5. The van der Waals surface area contributed by atoms with E-state index in [-0.39, 0.29) is 18.6 Å². The molecule has 0 saturated heterocycles. The Balaban J connectivity index is 1.41. The molecule has 0 spiro atoms. The van der Waals surface area contributed by atoms with Gasteiger partial charge < -0.3 is 4.74 Å². The molecule has 0 saturated carbocycles. The minimum Gasteiger partial charge on any atom is -0.486 e. The number of thiazole rings is 1. The Labute approximate surface area is 177 Å². The number of benzene rings is 2. The van der Waals surface area contributed by atoms with Crippen molar-refractivity contribution in [2.24, 2.45) is 0 Å². The third-order valence-corrected chi connectivity index (χ3v) is 5.07. The van der Waals surface area contributed by atoms with Gasteiger partial charge in [0, 0.05) is 16.5 Å². The van der Waals surface area contributed by atoms with E-state index in [1.54, 1.807) is 28.9 Å². The number of rotatable bonds is 7. The van der Waals surface area contributed by atoms with Crippen LogP contribution in [0.15, 0.2) is 60.0 Å². The van der Waals surface area contributed by atoms with Crippen molar-refractivity contribution in [2.75, 3.05) is 5.32 Å². The Bertz CT molecular complexity index is 1140. The number of anilines is 1. The first-order valence-corrected chi connectivity index (χ1v) is 10.3. The molecular weight excluding hydrogens is 400 g/mol. The van der Waals surface area contributed by atoms with Gasteiger partial charge in [-0.25, -0.2) is 9.67 Å². The van der Waals surface area contributed by atoms with Crippen molar-refractivity contribution in [1.29, 1.82) is 0 Å². The van der Waals surface area contributed by atoms with Gasteiger partial charge in [-0.1, -0.05) is 36.4 Å². The molecule has 2 aromatic carbocycles. The van der Waals surface area contributed by atoms with Crippen LogP contribution in [0.5, 0.6) is 5.75 Å². The molecule has 0 radical (unpaired) electrons. The lowest BCUT2D eigenvalue weighted by atomic mass is 10.2. The predicted molar refractivity (Wildman–Crippen MR) is 114 cm³/mol. The van der Waals surface area contributed by atoms with Crippen molar-refractivity contribution >= 4 is 22.4 Å². The van der Waals surface area contributed by atoms with Crippen LogP contribution in [-0.2, 0) is 6.61 Å². The average Bonchev–Trinajstić information content (AvgIpc) is 3.43. The molecule has 2 aromatic heterocycles. The van der Waals surface area contributed by atoms with Crippen molar-refractivity contribution in [3.63, 3.8) is 0 Å². The van der Waals surface area contributed by atoms with Gasteiger partial charge in [-0.2, -0.15) is 0 Å². The van der Waals surface area contributed by atoms with Gasteiger partial charge in [0.25, 0.3) is 5.91 Å². The molecule has 0 bridgehead atoms. The first-order valence-electron chi connectivity index (χ1n) is 9.42. The van der Waals surface area contributed by atoms with Gasteiger partial charge in [-0.15, -0.1) is 16.4 Å². The fourth-order valence-electron chi connectivity index (χ4n) is 2.83. The van der Waals surface area contributed by atoms with Crippen molar-refractivity contribution in [3.05, 3.63) is 71.4 Å². The van der Waals surface area contributed by atoms with Crippen molar-refractivity contribution in [2.45, 2.75) is 26.5 Å². The third kappa shape index (κ3) is 4.52. The molecule has 2 heterocycles. The maximum atomic E-state index is 12.7. The standard InChI is InChI=1S/C21H20N6O2S/c1-14(2)27-19(24-25-26-27)12-29-17-10-6-9-16(11-17)20(28)23-21-22-18(13-30-21)15-7-4-3-5-8-15/h3-11,13-14H,12H2,1-2H3,(H,22,23,28). The van der Waals surface area contributed by atoms with E-state index >= 15 is 0 Å². The van der Waals surface area contributed by atoms with E-state index in [4.69, 9.17) is 4.74 Å². The molecule has 152 valence electrons. The molecule has 0 aliphatic rings. The summed E-state index contributed by atoms with van der Waals surface area (Å²) in [5, 5.41) is 16.9. The lowest BCUT2D eigenvalue weighted by molar-refractivity contribution is 0.102. The summed E-state index contributed by atoms with van der Waals surface area (Å²) in [6.45, 7) is 4.20. The van der Waals surface area contributed by atoms with Crippen LogP contribution in [0.2, 0.25) is 0 Å². The Kier molecular flexibility index (Phi) is 5.80. The highest BCUT2D eigenvalue weighted by atomic mass is 32.1. The van der Waals surface area contributed by atoms with Gasteiger partial charge in [0.1, 0.15) is 12.4 Å². The van der Waals surface area contributed by atoms with Crippen LogP contribution in [0.3, 0.4) is 0 Å². The molecule has 0 aliphatic carbocycles. The van der Waals surface area contributed by atoms with E-state index < -0.39 is 0 Å². The van der Waals surface area contributed by atoms with Crippen LogP contribution in [0.4, 0.5) is 5.13 Å². The van der Waals surface area contributed by atoms with Crippen LogP contribution in [0.1, 0.15) is 36.1 Å². The van der Waals surface area contributed by atoms with E-state index in [2.05, 4.69) is 25.8 Å². The minimum atomic E-state index is -0.249. The lowest BCUT2D eigenvalue weighted by Crippen LogP contribution is -2.12. The van der Waals surface area contributed by atoms with Gasteiger partial charge in [-0.05, 0) is 42.5 Å². The molecule has 1 N–H and O–H groups in total. The second-order valence-electron chi connectivity index (χ2n) is 6.81. The molecule has 0 aliphatic heterocycles. The number of hydrogen-bond acceptors (Lipinski definition) is 7. The van der Waals surface area contributed by atoms with Crippen LogP contribution in [0.25, 0.3) is 11.3 Å². The van der Waals surface area contributed by atoms with Crippen molar-refractivity contribution in [3.8, 4) is 17.0 Å². The van der Waals surface area contributed by atoms with Crippen LogP contribution in [0, 0.1) is 0 Å². The van der Waals surface area contributed by atoms with Crippen molar-refractivity contribution in [1.82, 2.24) is 25.2 Å². The van der Waals surface area contributed by atoms with Gasteiger partial charge in [0.05, 0.1) is 11.7 Å². The summed E-state index contributed by atoms with van der Waals surface area (Å²) in [7, 11) is 0. The Hall–Kier alpha value is -3.59. The molecule has 0 atom stereocenters. The number of nitrogens with one attached hydrogen (secondary N) is 1. The molecule has 4 rings (SSSR count). The second kappa shape index (κ2) is 8.83. The average molecular weight is 420 g/mol. The predicted octanol–water partition coefficient (Wildman–Crippen LogP) is 4.21. The normalized spacial score (nSPS) is 10.9. The summed E-state index contributed by atoms with van der Waals surface area (Å²) < 4.78 is 7.49. The highest BCUT2D eigenvalue weighted by Crippen LogP contribution is 2.25. The zero-order chi connectivity index (χ0) is 20.9. The summed E-state index contributed by atoms with van der Waals surface area (Å²) in [6.07, 6.45) is 0. The SMILES string of the molecule is CC(C)n1nnnc1COc1cccc(C(=O)Nc2nc(-c3ccccc3)cs2)c1. The molecular formula is C21H20N6O2S. The number of aromatic nitrogens is 5. The first-order chi connectivity index (χ1) is 14.6. The fourth-order valence-corrected chi connectivity index (χ4v) is 3.54. The molecule has 8 nitrogen and oxygen atoms in total. The zero-order valence-electron chi connectivity index (χ0n) is 16.5. The fraction of sp³-hybridized carbons (Fsp3) is 0.190. The molecule has 0 fully saturated rings. The van der Waals surface area contributed by atoms with E-state index in [9.17, 15) is 4.79 Å². The molecule has 0 unspecified atom stereocenters. The van der Waals surface area contributed by atoms with E-state index in [0.29, 0.717) is 22.3 Å². The minimum absolute atomic E-state index is 0.134. The number of carbonyl (C=O) groups is 1. The smallest absolute Gasteiger partial charge is 0.257 e.